The number of carbonyl (C=O) groups excluding carboxylic acids is 1. The van der Waals surface area contributed by atoms with Crippen molar-refractivity contribution in [3.8, 4) is 22.7 Å². The number of nitrogens with one attached hydrogen (secondary N) is 1. The molecule has 0 radical (unpaired) electrons. The van der Waals surface area contributed by atoms with E-state index in [1.165, 1.54) is 11.8 Å². The molecular weight excluding hydrogens is 378 g/mol. The third kappa shape index (κ3) is 3.65. The van der Waals surface area contributed by atoms with Crippen LogP contribution in [-0.4, -0.2) is 27.1 Å². The number of thiocarbonyl (C=S) groups is 1. The van der Waals surface area contributed by atoms with Crippen LogP contribution in [0.1, 0.15) is 5.56 Å². The predicted molar refractivity (Wildman–Crippen MR) is 112 cm³/mol. The number of benzene rings is 2. The molecule has 1 saturated heterocycles. The summed E-state index contributed by atoms with van der Waals surface area (Å²) in [7, 11) is 1.63. The van der Waals surface area contributed by atoms with Crippen molar-refractivity contribution in [2.24, 2.45) is 0 Å². The second-order valence-corrected chi connectivity index (χ2v) is 7.51. The Bertz CT molecular complexity index is 1040. The predicted octanol–water partition coefficient (Wildman–Crippen LogP) is 4.04. The summed E-state index contributed by atoms with van der Waals surface area (Å²) in [6.45, 7) is 0. The van der Waals surface area contributed by atoms with Gasteiger partial charge >= 0.3 is 0 Å². The van der Waals surface area contributed by atoms with E-state index in [-0.39, 0.29) is 5.91 Å². The summed E-state index contributed by atoms with van der Waals surface area (Å²) in [6, 6.07) is 17.5. The van der Waals surface area contributed by atoms with Crippen LogP contribution in [0.25, 0.3) is 23.0 Å². The molecule has 0 saturated carbocycles. The summed E-state index contributed by atoms with van der Waals surface area (Å²) in [6.07, 6.45) is 3.74. The average Bonchev–Trinajstić information content (AvgIpc) is 3.25. The summed E-state index contributed by atoms with van der Waals surface area (Å²) in [5, 5.41) is 7.39. The molecule has 1 N–H and O–H groups in total. The number of thioether (sulfide) groups is 1. The number of ether oxygens (including phenoxy) is 1. The molecule has 0 bridgehead atoms. The second kappa shape index (κ2) is 7.38. The fourth-order valence-electron chi connectivity index (χ4n) is 2.74. The fraction of sp³-hybridized carbons (Fsp3) is 0.0500. The number of hydrogen-bond donors (Lipinski definition) is 1. The van der Waals surface area contributed by atoms with E-state index in [9.17, 15) is 4.79 Å². The Morgan fingerprint density at radius 2 is 1.89 bits per heavy atom. The molecule has 1 aromatic heterocycles. The van der Waals surface area contributed by atoms with Crippen LogP contribution < -0.4 is 10.1 Å². The van der Waals surface area contributed by atoms with E-state index in [0.29, 0.717) is 9.23 Å². The molecular formula is C20H15N3O2S2. The highest BCUT2D eigenvalue weighted by Crippen LogP contribution is 2.31. The minimum absolute atomic E-state index is 0.182. The van der Waals surface area contributed by atoms with Crippen molar-refractivity contribution < 1.29 is 9.53 Å². The van der Waals surface area contributed by atoms with Crippen LogP contribution in [0.3, 0.4) is 0 Å². The molecule has 7 heteroatoms. The SMILES string of the molecule is COc1ccc(-c2nn(-c3ccccc3)cc2/C=C2\SC(=S)NC2=O)cc1. The number of carbonyl (C=O) groups is 1. The van der Waals surface area contributed by atoms with Gasteiger partial charge in [-0.05, 0) is 42.5 Å². The fourth-order valence-corrected chi connectivity index (χ4v) is 3.78. The molecule has 27 heavy (non-hydrogen) atoms. The van der Waals surface area contributed by atoms with E-state index in [4.69, 9.17) is 22.1 Å². The Morgan fingerprint density at radius 1 is 1.15 bits per heavy atom. The summed E-state index contributed by atoms with van der Waals surface area (Å²) < 4.78 is 7.51. The molecule has 2 heterocycles. The number of amides is 1. The molecule has 0 unspecified atom stereocenters. The summed E-state index contributed by atoms with van der Waals surface area (Å²) in [5.41, 5.74) is 3.49. The number of rotatable bonds is 4. The van der Waals surface area contributed by atoms with Gasteiger partial charge in [-0.25, -0.2) is 4.68 Å². The van der Waals surface area contributed by atoms with Gasteiger partial charge in [0.15, 0.2) is 0 Å². The number of nitrogens with zero attached hydrogens (tertiary/aromatic N) is 2. The minimum atomic E-state index is -0.182. The van der Waals surface area contributed by atoms with Crippen molar-refractivity contribution in [3.63, 3.8) is 0 Å². The first-order valence-electron chi connectivity index (χ1n) is 8.18. The average molecular weight is 393 g/mol. The standard InChI is InChI=1S/C20H15N3O2S2/c1-25-16-9-7-13(8-10-16)18-14(11-17-19(24)21-20(26)27-17)12-23(22-18)15-5-3-2-4-6-15/h2-12H,1H3,(H,21,24,26)/b17-11-. The number of para-hydroxylation sites is 1. The maximum Gasteiger partial charge on any atom is 0.263 e. The van der Waals surface area contributed by atoms with Gasteiger partial charge in [-0.3, -0.25) is 4.79 Å². The smallest absolute Gasteiger partial charge is 0.263 e. The van der Waals surface area contributed by atoms with Crippen LogP contribution >= 0.6 is 24.0 Å². The topological polar surface area (TPSA) is 56.1 Å². The van der Waals surface area contributed by atoms with E-state index in [0.717, 1.165) is 28.3 Å². The van der Waals surface area contributed by atoms with Crippen molar-refractivity contribution in [3.05, 3.63) is 71.3 Å². The van der Waals surface area contributed by atoms with E-state index in [2.05, 4.69) is 5.32 Å². The zero-order valence-corrected chi connectivity index (χ0v) is 16.0. The molecule has 0 aliphatic carbocycles. The molecule has 0 atom stereocenters. The molecule has 0 spiro atoms. The Hall–Kier alpha value is -2.90. The van der Waals surface area contributed by atoms with Gasteiger partial charge in [0.25, 0.3) is 5.91 Å². The van der Waals surface area contributed by atoms with Crippen LogP contribution in [0.5, 0.6) is 5.75 Å². The van der Waals surface area contributed by atoms with Gasteiger partial charge in [-0.2, -0.15) is 5.10 Å². The third-order valence-electron chi connectivity index (χ3n) is 4.06. The molecule has 2 aromatic carbocycles. The molecule has 1 aliphatic heterocycles. The van der Waals surface area contributed by atoms with E-state index in [1.54, 1.807) is 7.11 Å². The summed E-state index contributed by atoms with van der Waals surface area (Å²) in [5.74, 6) is 0.593. The molecule has 1 amide bonds. The lowest BCUT2D eigenvalue weighted by molar-refractivity contribution is -0.115. The molecule has 1 aliphatic rings. The maximum atomic E-state index is 12.1. The van der Waals surface area contributed by atoms with Crippen LogP contribution in [0.2, 0.25) is 0 Å². The van der Waals surface area contributed by atoms with Crippen LogP contribution in [0.15, 0.2) is 65.7 Å². The zero-order valence-electron chi connectivity index (χ0n) is 14.4. The van der Waals surface area contributed by atoms with Crippen molar-refractivity contribution in [2.75, 3.05) is 7.11 Å². The minimum Gasteiger partial charge on any atom is -0.497 e. The molecule has 134 valence electrons. The van der Waals surface area contributed by atoms with Gasteiger partial charge < -0.3 is 10.1 Å². The molecule has 1 fully saturated rings. The normalized spacial score (nSPS) is 15.2. The molecule has 4 rings (SSSR count). The Kier molecular flexibility index (Phi) is 4.79. The first-order chi connectivity index (χ1) is 13.1. The first-order valence-corrected chi connectivity index (χ1v) is 9.41. The van der Waals surface area contributed by atoms with Crippen LogP contribution in [0, 0.1) is 0 Å². The Balaban J connectivity index is 1.82. The number of aromatic nitrogens is 2. The van der Waals surface area contributed by atoms with Crippen LogP contribution in [0.4, 0.5) is 0 Å². The second-order valence-electron chi connectivity index (χ2n) is 5.79. The zero-order chi connectivity index (χ0) is 18.8. The lowest BCUT2D eigenvalue weighted by Crippen LogP contribution is -2.17. The monoisotopic (exact) mass is 393 g/mol. The largest absolute Gasteiger partial charge is 0.497 e. The Morgan fingerprint density at radius 3 is 2.52 bits per heavy atom. The Labute approximate surface area is 166 Å². The quantitative estimate of drug-likeness (QED) is 0.536. The summed E-state index contributed by atoms with van der Waals surface area (Å²) >= 11 is 6.34. The highest BCUT2D eigenvalue weighted by atomic mass is 32.2. The van der Waals surface area contributed by atoms with Gasteiger partial charge in [0, 0.05) is 17.3 Å². The highest BCUT2D eigenvalue weighted by Gasteiger charge is 2.23. The molecule has 5 nitrogen and oxygen atoms in total. The van der Waals surface area contributed by atoms with Gasteiger partial charge in [0.2, 0.25) is 0 Å². The highest BCUT2D eigenvalue weighted by molar-refractivity contribution is 8.26. The molecule has 3 aromatic rings. The van der Waals surface area contributed by atoms with Gasteiger partial charge in [0.1, 0.15) is 10.1 Å². The van der Waals surface area contributed by atoms with Crippen molar-refractivity contribution >= 4 is 40.3 Å². The van der Waals surface area contributed by atoms with E-state index >= 15 is 0 Å². The van der Waals surface area contributed by atoms with Gasteiger partial charge in [0.05, 0.1) is 23.4 Å². The van der Waals surface area contributed by atoms with Gasteiger partial charge in [-0.15, -0.1) is 0 Å². The van der Waals surface area contributed by atoms with Crippen molar-refractivity contribution in [1.29, 1.82) is 0 Å². The van der Waals surface area contributed by atoms with Crippen molar-refractivity contribution in [1.82, 2.24) is 15.1 Å². The third-order valence-corrected chi connectivity index (χ3v) is 5.22. The van der Waals surface area contributed by atoms with Gasteiger partial charge in [-0.1, -0.05) is 42.2 Å². The number of hydrogen-bond acceptors (Lipinski definition) is 5. The van der Waals surface area contributed by atoms with E-state index in [1.807, 2.05) is 71.6 Å². The number of methoxy groups -OCH3 is 1. The first kappa shape index (κ1) is 17.5. The maximum absolute atomic E-state index is 12.1. The van der Waals surface area contributed by atoms with Crippen LogP contribution in [-0.2, 0) is 4.79 Å². The lowest BCUT2D eigenvalue weighted by Gasteiger charge is -2.03. The lowest BCUT2D eigenvalue weighted by atomic mass is 10.1. The summed E-state index contributed by atoms with van der Waals surface area (Å²) in [4.78, 5) is 12.6. The van der Waals surface area contributed by atoms with Crippen molar-refractivity contribution in [2.45, 2.75) is 0 Å². The van der Waals surface area contributed by atoms with E-state index < -0.39 is 0 Å².